The highest BCUT2D eigenvalue weighted by Gasteiger charge is 2.12. The molecule has 0 aliphatic carbocycles. The lowest BCUT2D eigenvalue weighted by Crippen LogP contribution is -2.18. The average molecular weight is 301 g/mol. The van der Waals surface area contributed by atoms with Crippen molar-refractivity contribution in [1.82, 2.24) is 19.7 Å². The number of rotatable bonds is 5. The molecule has 6 heteroatoms. The van der Waals surface area contributed by atoms with E-state index in [0.29, 0.717) is 5.92 Å². The quantitative estimate of drug-likeness (QED) is 0.786. The van der Waals surface area contributed by atoms with Gasteiger partial charge in [-0.05, 0) is 31.4 Å². The van der Waals surface area contributed by atoms with Gasteiger partial charge in [0.05, 0.1) is 5.39 Å². The Morgan fingerprint density at radius 3 is 2.95 bits per heavy atom. The van der Waals surface area contributed by atoms with E-state index in [2.05, 4.69) is 41.2 Å². The number of hydrogen-bond acceptors (Lipinski definition) is 5. The van der Waals surface area contributed by atoms with Gasteiger partial charge < -0.3 is 5.32 Å². The van der Waals surface area contributed by atoms with Gasteiger partial charge in [0.2, 0.25) is 0 Å². The van der Waals surface area contributed by atoms with Crippen molar-refractivity contribution in [3.63, 3.8) is 0 Å². The lowest BCUT2D eigenvalue weighted by molar-refractivity contribution is 0.467. The van der Waals surface area contributed by atoms with Crippen LogP contribution in [0.5, 0.6) is 0 Å². The first-order valence-corrected chi connectivity index (χ1v) is 7.89. The molecule has 0 aliphatic rings. The minimum Gasteiger partial charge on any atom is -0.369 e. The number of nitrogens with one attached hydrogen (secondary N) is 1. The summed E-state index contributed by atoms with van der Waals surface area (Å²) in [5.41, 5.74) is 1.28. The normalized spacial score (nSPS) is 12.7. The van der Waals surface area contributed by atoms with E-state index >= 15 is 0 Å². The molecule has 0 unspecified atom stereocenters. The molecule has 1 N–H and O–H groups in total. The molecule has 0 bridgehead atoms. The van der Waals surface area contributed by atoms with Crippen LogP contribution in [0, 0.1) is 19.8 Å². The zero-order valence-corrected chi connectivity index (χ0v) is 13.3. The highest BCUT2D eigenvalue weighted by atomic mass is 32.1. The Bertz CT molecular complexity index is 732. The number of aromatic nitrogens is 4. The second-order valence-electron chi connectivity index (χ2n) is 5.40. The second-order valence-corrected chi connectivity index (χ2v) is 6.60. The first-order valence-electron chi connectivity index (χ1n) is 7.07. The van der Waals surface area contributed by atoms with Crippen LogP contribution < -0.4 is 5.32 Å². The van der Waals surface area contributed by atoms with Gasteiger partial charge in [-0.1, -0.05) is 6.92 Å². The molecule has 0 aromatic carbocycles. The summed E-state index contributed by atoms with van der Waals surface area (Å²) in [4.78, 5) is 11.1. The van der Waals surface area contributed by atoms with Gasteiger partial charge in [-0.3, -0.25) is 4.68 Å². The van der Waals surface area contributed by atoms with E-state index in [4.69, 9.17) is 0 Å². The van der Waals surface area contributed by atoms with E-state index in [9.17, 15) is 0 Å². The fourth-order valence-corrected chi connectivity index (χ4v) is 3.38. The Morgan fingerprint density at radius 1 is 1.33 bits per heavy atom. The van der Waals surface area contributed by atoms with Crippen LogP contribution in [0.4, 0.5) is 5.82 Å². The SMILES string of the molecule is Cc1sc2ncnc(NC[C@H](C)Cn3cccn3)c2c1C. The van der Waals surface area contributed by atoms with Gasteiger partial charge in [0.25, 0.3) is 0 Å². The van der Waals surface area contributed by atoms with Gasteiger partial charge in [0.15, 0.2) is 0 Å². The number of anilines is 1. The van der Waals surface area contributed by atoms with Crippen LogP contribution in [-0.2, 0) is 6.54 Å². The van der Waals surface area contributed by atoms with E-state index in [1.54, 1.807) is 17.7 Å². The Morgan fingerprint density at radius 2 is 2.19 bits per heavy atom. The highest BCUT2D eigenvalue weighted by molar-refractivity contribution is 7.18. The zero-order chi connectivity index (χ0) is 14.8. The molecule has 0 radical (unpaired) electrons. The molecule has 3 rings (SSSR count). The summed E-state index contributed by atoms with van der Waals surface area (Å²) < 4.78 is 1.96. The molecule has 3 aromatic rings. The summed E-state index contributed by atoms with van der Waals surface area (Å²) in [6, 6.07) is 1.95. The van der Waals surface area contributed by atoms with Crippen molar-refractivity contribution in [2.45, 2.75) is 27.3 Å². The lowest BCUT2D eigenvalue weighted by Gasteiger charge is -2.13. The van der Waals surface area contributed by atoms with Crippen molar-refractivity contribution in [2.24, 2.45) is 5.92 Å². The van der Waals surface area contributed by atoms with Gasteiger partial charge in [-0.2, -0.15) is 5.10 Å². The predicted octanol–water partition coefficient (Wildman–Crippen LogP) is 3.25. The fraction of sp³-hybridized carbons (Fsp3) is 0.400. The van der Waals surface area contributed by atoms with Crippen LogP contribution in [0.2, 0.25) is 0 Å². The summed E-state index contributed by atoms with van der Waals surface area (Å²) in [7, 11) is 0. The Hall–Kier alpha value is -1.95. The summed E-state index contributed by atoms with van der Waals surface area (Å²) in [6.45, 7) is 8.23. The Kier molecular flexibility index (Phi) is 3.88. The first-order chi connectivity index (χ1) is 10.1. The van der Waals surface area contributed by atoms with Crippen molar-refractivity contribution < 1.29 is 0 Å². The standard InChI is InChI=1S/C15H19N5S/c1-10(8-20-6-4-5-19-20)7-16-14-13-11(2)12(3)21-15(13)18-9-17-14/h4-6,9-10H,7-8H2,1-3H3,(H,16,17,18)/t10-/m0/s1. The molecule has 1 atom stereocenters. The Labute approximate surface area is 128 Å². The molecule has 0 aliphatic heterocycles. The molecule has 0 amide bonds. The molecule has 5 nitrogen and oxygen atoms in total. The van der Waals surface area contributed by atoms with Crippen molar-refractivity contribution >= 4 is 27.4 Å². The maximum absolute atomic E-state index is 4.41. The van der Waals surface area contributed by atoms with E-state index in [0.717, 1.165) is 29.1 Å². The molecule has 3 heterocycles. The van der Waals surface area contributed by atoms with Crippen molar-refractivity contribution in [3.05, 3.63) is 35.2 Å². The largest absolute Gasteiger partial charge is 0.369 e. The van der Waals surface area contributed by atoms with Crippen molar-refractivity contribution in [2.75, 3.05) is 11.9 Å². The monoisotopic (exact) mass is 301 g/mol. The van der Waals surface area contributed by atoms with Gasteiger partial charge in [0.1, 0.15) is 17.0 Å². The predicted molar refractivity (Wildman–Crippen MR) is 86.8 cm³/mol. The smallest absolute Gasteiger partial charge is 0.138 e. The van der Waals surface area contributed by atoms with Crippen LogP contribution in [-0.4, -0.2) is 26.3 Å². The second kappa shape index (κ2) is 5.81. The van der Waals surface area contributed by atoms with E-state index in [1.807, 2.05) is 23.1 Å². The van der Waals surface area contributed by atoms with Crippen molar-refractivity contribution in [3.8, 4) is 0 Å². The maximum atomic E-state index is 4.41. The third kappa shape index (κ3) is 2.90. The third-order valence-electron chi connectivity index (χ3n) is 3.64. The molecule has 0 spiro atoms. The number of fused-ring (bicyclic) bond motifs is 1. The van der Waals surface area contributed by atoms with Crippen LogP contribution in [0.1, 0.15) is 17.4 Å². The van der Waals surface area contributed by atoms with Crippen molar-refractivity contribution in [1.29, 1.82) is 0 Å². The van der Waals surface area contributed by atoms with E-state index in [-0.39, 0.29) is 0 Å². The minimum absolute atomic E-state index is 0.468. The third-order valence-corrected chi connectivity index (χ3v) is 4.76. The van der Waals surface area contributed by atoms with E-state index < -0.39 is 0 Å². The molecule has 110 valence electrons. The molecule has 21 heavy (non-hydrogen) atoms. The van der Waals surface area contributed by atoms with Crippen LogP contribution in [0.3, 0.4) is 0 Å². The number of nitrogens with zero attached hydrogens (tertiary/aromatic N) is 4. The maximum Gasteiger partial charge on any atom is 0.138 e. The van der Waals surface area contributed by atoms with Crippen LogP contribution in [0.25, 0.3) is 10.2 Å². The molecule has 0 saturated heterocycles. The number of aryl methyl sites for hydroxylation is 2. The first kappa shape index (κ1) is 14.0. The molecule has 0 saturated carbocycles. The van der Waals surface area contributed by atoms with Gasteiger partial charge in [-0.25, -0.2) is 9.97 Å². The van der Waals surface area contributed by atoms with Crippen LogP contribution in [0.15, 0.2) is 24.8 Å². The zero-order valence-electron chi connectivity index (χ0n) is 12.5. The molecule has 0 fully saturated rings. The topological polar surface area (TPSA) is 55.6 Å². The minimum atomic E-state index is 0.468. The molecular weight excluding hydrogens is 282 g/mol. The van der Waals surface area contributed by atoms with Crippen LogP contribution >= 0.6 is 11.3 Å². The molecule has 3 aromatic heterocycles. The van der Waals surface area contributed by atoms with Gasteiger partial charge >= 0.3 is 0 Å². The fourth-order valence-electron chi connectivity index (χ4n) is 2.38. The number of hydrogen-bond donors (Lipinski definition) is 1. The summed E-state index contributed by atoms with van der Waals surface area (Å²) in [5, 5.41) is 8.87. The number of thiophene rings is 1. The molecular formula is C15H19N5S. The highest BCUT2D eigenvalue weighted by Crippen LogP contribution is 2.32. The Balaban J connectivity index is 1.73. The van der Waals surface area contributed by atoms with Gasteiger partial charge in [-0.15, -0.1) is 11.3 Å². The summed E-state index contributed by atoms with van der Waals surface area (Å²) in [6.07, 6.45) is 5.44. The summed E-state index contributed by atoms with van der Waals surface area (Å²) in [5.74, 6) is 1.41. The lowest BCUT2D eigenvalue weighted by atomic mass is 10.1. The average Bonchev–Trinajstić information content (AvgIpc) is 3.06. The summed E-state index contributed by atoms with van der Waals surface area (Å²) >= 11 is 1.73. The van der Waals surface area contributed by atoms with Gasteiger partial charge in [0, 0.05) is 30.4 Å². The van der Waals surface area contributed by atoms with E-state index in [1.165, 1.54) is 10.4 Å².